The number of carbonyl (C=O) groups is 1. The molecule has 0 aliphatic carbocycles. The van der Waals surface area contributed by atoms with Crippen molar-refractivity contribution in [2.45, 2.75) is 19.3 Å². The fourth-order valence-corrected chi connectivity index (χ4v) is 3.68. The lowest BCUT2D eigenvalue weighted by Crippen LogP contribution is -2.29. The van der Waals surface area contributed by atoms with Crippen molar-refractivity contribution in [3.05, 3.63) is 45.9 Å². The average molecular weight is 307 g/mol. The Hall–Kier alpha value is -1.39. The first-order valence-corrected chi connectivity index (χ1v) is 7.96. The van der Waals surface area contributed by atoms with Crippen molar-refractivity contribution in [2.75, 3.05) is 18.0 Å². The van der Waals surface area contributed by atoms with Gasteiger partial charge in [0.2, 0.25) is 5.78 Å². The number of aromatic nitrogens is 1. The molecule has 2 aromatic rings. The molecule has 0 atom stereocenters. The predicted molar refractivity (Wildman–Crippen MR) is 83.1 cm³/mol. The second-order valence-electron chi connectivity index (χ2n) is 4.86. The summed E-state index contributed by atoms with van der Waals surface area (Å²) in [5.74, 6) is -0.0450. The Labute approximate surface area is 127 Å². The number of hydrogen-bond donors (Lipinski definition) is 0. The van der Waals surface area contributed by atoms with Crippen LogP contribution >= 0.6 is 22.9 Å². The van der Waals surface area contributed by atoms with Gasteiger partial charge in [0.1, 0.15) is 4.88 Å². The number of halogens is 1. The van der Waals surface area contributed by atoms with E-state index in [1.807, 2.05) is 18.2 Å². The molecule has 1 aromatic carbocycles. The third-order valence-corrected chi connectivity index (χ3v) is 4.94. The maximum absolute atomic E-state index is 12.4. The Bertz CT molecular complexity index is 606. The van der Waals surface area contributed by atoms with Crippen LogP contribution in [0.5, 0.6) is 0 Å². The monoisotopic (exact) mass is 306 g/mol. The molecule has 2 heterocycles. The first kappa shape index (κ1) is 13.6. The van der Waals surface area contributed by atoms with Crippen molar-refractivity contribution in [3.63, 3.8) is 0 Å². The molecule has 1 aliphatic heterocycles. The molecule has 0 unspecified atom stereocenters. The van der Waals surface area contributed by atoms with Crippen molar-refractivity contribution in [1.29, 1.82) is 0 Å². The van der Waals surface area contributed by atoms with Crippen LogP contribution in [0.4, 0.5) is 5.13 Å². The molecule has 1 fully saturated rings. The van der Waals surface area contributed by atoms with Crippen LogP contribution in [0.3, 0.4) is 0 Å². The normalized spacial score (nSPS) is 15.3. The van der Waals surface area contributed by atoms with Crippen LogP contribution in [-0.4, -0.2) is 23.9 Å². The summed E-state index contributed by atoms with van der Waals surface area (Å²) >= 11 is 7.56. The quantitative estimate of drug-likeness (QED) is 0.803. The maximum Gasteiger partial charge on any atom is 0.206 e. The van der Waals surface area contributed by atoms with Gasteiger partial charge in [0.05, 0.1) is 0 Å². The molecule has 0 radical (unpaired) electrons. The lowest BCUT2D eigenvalue weighted by Gasteiger charge is -2.25. The van der Waals surface area contributed by atoms with Gasteiger partial charge in [-0.25, -0.2) is 4.98 Å². The molecule has 0 amide bonds. The van der Waals surface area contributed by atoms with E-state index in [4.69, 9.17) is 11.6 Å². The number of carbonyl (C=O) groups excluding carboxylic acids is 1. The number of ketones is 1. The number of rotatable bonds is 3. The van der Waals surface area contributed by atoms with Crippen LogP contribution in [0.1, 0.15) is 34.5 Å². The van der Waals surface area contributed by atoms with E-state index in [-0.39, 0.29) is 5.78 Å². The minimum absolute atomic E-state index is 0.0450. The molecule has 3 nitrogen and oxygen atoms in total. The predicted octanol–water partition coefficient (Wildman–Crippen LogP) is 4.02. The fourth-order valence-electron chi connectivity index (χ4n) is 2.37. The van der Waals surface area contributed by atoms with Gasteiger partial charge in [-0.3, -0.25) is 4.79 Å². The van der Waals surface area contributed by atoms with Crippen molar-refractivity contribution in [1.82, 2.24) is 4.98 Å². The zero-order valence-corrected chi connectivity index (χ0v) is 12.6. The zero-order chi connectivity index (χ0) is 13.9. The first-order chi connectivity index (χ1) is 9.75. The number of thiazole rings is 1. The highest BCUT2D eigenvalue weighted by Crippen LogP contribution is 2.32. The van der Waals surface area contributed by atoms with E-state index in [2.05, 4.69) is 9.88 Å². The van der Waals surface area contributed by atoms with Crippen LogP contribution in [-0.2, 0) is 0 Å². The van der Waals surface area contributed by atoms with E-state index in [1.165, 1.54) is 30.6 Å². The van der Waals surface area contributed by atoms with Gasteiger partial charge in [0.15, 0.2) is 10.3 Å². The van der Waals surface area contributed by atoms with Gasteiger partial charge < -0.3 is 4.90 Å². The van der Waals surface area contributed by atoms with Gasteiger partial charge >= 0.3 is 0 Å². The number of piperidine rings is 1. The molecule has 1 aromatic heterocycles. The van der Waals surface area contributed by atoms with E-state index < -0.39 is 0 Å². The third-order valence-electron chi connectivity index (χ3n) is 3.44. The second-order valence-corrected chi connectivity index (χ2v) is 6.19. The molecule has 1 aliphatic rings. The topological polar surface area (TPSA) is 33.2 Å². The summed E-state index contributed by atoms with van der Waals surface area (Å²) in [6.07, 6.45) is 3.63. The average Bonchev–Trinajstić information content (AvgIpc) is 2.90. The Morgan fingerprint density at radius 1 is 1.15 bits per heavy atom. The molecule has 0 saturated carbocycles. The lowest BCUT2D eigenvalue weighted by molar-refractivity contribution is 0.104. The highest BCUT2D eigenvalue weighted by Gasteiger charge is 2.22. The summed E-state index contributed by atoms with van der Waals surface area (Å²) in [6.45, 7) is 2.01. The summed E-state index contributed by atoms with van der Waals surface area (Å²) in [7, 11) is 0. The summed E-state index contributed by atoms with van der Waals surface area (Å²) in [5.41, 5.74) is 0.656. The highest BCUT2D eigenvalue weighted by atomic mass is 35.5. The Balaban J connectivity index is 1.87. The van der Waals surface area contributed by atoms with Gasteiger partial charge in [-0.05, 0) is 19.3 Å². The van der Waals surface area contributed by atoms with E-state index >= 15 is 0 Å². The van der Waals surface area contributed by atoms with Crippen LogP contribution in [0, 0.1) is 0 Å². The molecule has 0 bridgehead atoms. The smallest absolute Gasteiger partial charge is 0.206 e. The number of anilines is 1. The number of hydrogen-bond acceptors (Lipinski definition) is 4. The minimum Gasteiger partial charge on any atom is -0.348 e. The van der Waals surface area contributed by atoms with Crippen LogP contribution in [0.15, 0.2) is 30.3 Å². The minimum atomic E-state index is -0.0450. The van der Waals surface area contributed by atoms with Crippen LogP contribution in [0.2, 0.25) is 5.15 Å². The van der Waals surface area contributed by atoms with Gasteiger partial charge in [-0.15, -0.1) is 0 Å². The van der Waals surface area contributed by atoms with Crippen molar-refractivity contribution in [2.24, 2.45) is 0 Å². The van der Waals surface area contributed by atoms with E-state index in [0.717, 1.165) is 18.2 Å². The van der Waals surface area contributed by atoms with Gasteiger partial charge in [0.25, 0.3) is 0 Å². The second kappa shape index (κ2) is 5.94. The Morgan fingerprint density at radius 2 is 1.85 bits per heavy atom. The molecule has 3 rings (SSSR count). The Morgan fingerprint density at radius 3 is 2.55 bits per heavy atom. The van der Waals surface area contributed by atoms with Gasteiger partial charge in [0, 0.05) is 18.7 Å². The highest BCUT2D eigenvalue weighted by molar-refractivity contribution is 7.18. The van der Waals surface area contributed by atoms with Gasteiger partial charge in [-0.1, -0.05) is 53.3 Å². The largest absolute Gasteiger partial charge is 0.348 e. The summed E-state index contributed by atoms with van der Waals surface area (Å²) < 4.78 is 0. The number of nitrogens with zero attached hydrogens (tertiary/aromatic N) is 2. The third kappa shape index (κ3) is 2.72. The summed E-state index contributed by atoms with van der Waals surface area (Å²) in [5, 5.41) is 1.19. The lowest BCUT2D eigenvalue weighted by atomic mass is 10.1. The molecule has 1 saturated heterocycles. The molecular weight excluding hydrogens is 292 g/mol. The fraction of sp³-hybridized carbons (Fsp3) is 0.333. The molecule has 5 heteroatoms. The van der Waals surface area contributed by atoms with Crippen LogP contribution < -0.4 is 4.90 Å². The van der Waals surface area contributed by atoms with Crippen LogP contribution in [0.25, 0.3) is 0 Å². The molecule has 0 spiro atoms. The van der Waals surface area contributed by atoms with Gasteiger partial charge in [-0.2, -0.15) is 0 Å². The number of benzene rings is 1. The zero-order valence-electron chi connectivity index (χ0n) is 11.0. The summed E-state index contributed by atoms with van der Waals surface area (Å²) in [4.78, 5) is 19.6. The van der Waals surface area contributed by atoms with Crippen molar-refractivity contribution < 1.29 is 4.79 Å². The first-order valence-electron chi connectivity index (χ1n) is 6.77. The SMILES string of the molecule is O=C(c1ccccc1)c1sc(N2CCCCC2)nc1Cl. The molecule has 0 N–H and O–H groups in total. The van der Waals surface area contributed by atoms with E-state index in [9.17, 15) is 4.79 Å². The standard InChI is InChI=1S/C15H15ClN2OS/c16-14-13(12(19)11-7-3-1-4-8-11)20-15(17-14)18-9-5-2-6-10-18/h1,3-4,7-8H,2,5-6,9-10H2. The molecule has 104 valence electrons. The van der Waals surface area contributed by atoms with E-state index in [0.29, 0.717) is 15.6 Å². The Kier molecular flexibility index (Phi) is 4.03. The summed E-state index contributed by atoms with van der Waals surface area (Å²) in [6, 6.07) is 9.21. The molecule has 20 heavy (non-hydrogen) atoms. The van der Waals surface area contributed by atoms with Crippen molar-refractivity contribution in [3.8, 4) is 0 Å². The molecular formula is C15H15ClN2OS. The maximum atomic E-state index is 12.4. The van der Waals surface area contributed by atoms with E-state index in [1.54, 1.807) is 12.1 Å². The van der Waals surface area contributed by atoms with Crippen molar-refractivity contribution >= 4 is 33.9 Å².